The van der Waals surface area contributed by atoms with Crippen molar-refractivity contribution in [2.75, 3.05) is 0 Å². The third-order valence-electron chi connectivity index (χ3n) is 1.46. The highest BCUT2D eigenvalue weighted by Gasteiger charge is 2.21. The normalized spacial score (nSPS) is 12.0. The van der Waals surface area contributed by atoms with Gasteiger partial charge in [0.25, 0.3) is 0 Å². The van der Waals surface area contributed by atoms with Gasteiger partial charge in [-0.05, 0) is 20.3 Å². The molecule has 0 saturated heterocycles. The van der Waals surface area contributed by atoms with Crippen LogP contribution in [0.25, 0.3) is 0 Å². The third-order valence-corrected chi connectivity index (χ3v) is 2.46. The molecule has 0 bridgehead atoms. The van der Waals surface area contributed by atoms with Gasteiger partial charge in [0.05, 0.1) is 10.7 Å². The van der Waals surface area contributed by atoms with Crippen molar-refractivity contribution in [3.63, 3.8) is 0 Å². The second-order valence-corrected chi connectivity index (χ2v) is 3.90. The molecule has 0 saturated carbocycles. The summed E-state index contributed by atoms with van der Waals surface area (Å²) < 4.78 is 13.2. The predicted octanol–water partition coefficient (Wildman–Crippen LogP) is 2.91. The Hall–Kier alpha value is -0.440. The lowest BCUT2D eigenvalue weighted by Crippen LogP contribution is -2.09. The van der Waals surface area contributed by atoms with E-state index in [1.807, 2.05) is 6.92 Å². The van der Waals surface area contributed by atoms with Gasteiger partial charge < -0.3 is 0 Å². The van der Waals surface area contributed by atoms with Crippen LogP contribution in [0.1, 0.15) is 31.5 Å². The molecule has 1 aromatic rings. The number of aromatic nitrogens is 1. The van der Waals surface area contributed by atoms with Crippen molar-refractivity contribution >= 4 is 11.3 Å². The molecule has 0 aliphatic carbocycles. The van der Waals surface area contributed by atoms with Gasteiger partial charge in [-0.3, -0.25) is 0 Å². The molecule has 3 heteroatoms. The summed E-state index contributed by atoms with van der Waals surface area (Å²) in [6.45, 7) is 5.08. The van der Waals surface area contributed by atoms with Gasteiger partial charge >= 0.3 is 0 Å². The molecular formula is C8H12FNS. The van der Waals surface area contributed by atoms with E-state index in [0.717, 1.165) is 11.4 Å². The summed E-state index contributed by atoms with van der Waals surface area (Å²) in [4.78, 5) is 4.14. The van der Waals surface area contributed by atoms with E-state index in [4.69, 9.17) is 0 Å². The maximum atomic E-state index is 13.2. The van der Waals surface area contributed by atoms with Crippen LogP contribution in [0.4, 0.5) is 4.39 Å². The monoisotopic (exact) mass is 173 g/mol. The quantitative estimate of drug-likeness (QED) is 0.670. The van der Waals surface area contributed by atoms with E-state index in [-0.39, 0.29) is 0 Å². The number of nitrogens with zero attached hydrogens (tertiary/aromatic N) is 1. The molecule has 0 aliphatic rings. The van der Waals surface area contributed by atoms with Crippen LogP contribution in [-0.2, 0) is 12.1 Å². The minimum Gasteiger partial charge on any atom is -0.243 e. The largest absolute Gasteiger partial charge is 0.243 e. The Bertz CT molecular complexity index is 236. The van der Waals surface area contributed by atoms with E-state index in [2.05, 4.69) is 4.98 Å². The highest BCUT2D eigenvalue weighted by molar-refractivity contribution is 7.09. The van der Waals surface area contributed by atoms with Crippen molar-refractivity contribution in [3.8, 4) is 0 Å². The number of hydrogen-bond acceptors (Lipinski definition) is 2. The second-order valence-electron chi connectivity index (χ2n) is 2.95. The predicted molar refractivity (Wildman–Crippen MR) is 45.6 cm³/mol. The van der Waals surface area contributed by atoms with Crippen LogP contribution in [0.2, 0.25) is 0 Å². The summed E-state index contributed by atoms with van der Waals surface area (Å²) >= 11 is 1.53. The Morgan fingerprint density at radius 2 is 2.27 bits per heavy atom. The maximum Gasteiger partial charge on any atom is 0.148 e. The number of thiazole rings is 1. The molecule has 0 aliphatic heterocycles. The number of halogens is 1. The first-order valence-corrected chi connectivity index (χ1v) is 4.56. The molecule has 0 atom stereocenters. The molecule has 0 unspecified atom stereocenters. The SMILES string of the molecule is CCc1nc(C(C)(C)F)cs1. The van der Waals surface area contributed by atoms with Gasteiger partial charge in [-0.15, -0.1) is 11.3 Å². The first-order chi connectivity index (χ1) is 5.04. The lowest BCUT2D eigenvalue weighted by molar-refractivity contribution is 0.215. The zero-order chi connectivity index (χ0) is 8.48. The Labute approximate surface area is 70.3 Å². The van der Waals surface area contributed by atoms with Crippen LogP contribution in [0.15, 0.2) is 5.38 Å². The zero-order valence-electron chi connectivity index (χ0n) is 7.02. The summed E-state index contributed by atoms with van der Waals surface area (Å²) in [6, 6.07) is 0. The average molecular weight is 173 g/mol. The molecule has 1 aromatic heterocycles. The molecule has 0 spiro atoms. The van der Waals surface area contributed by atoms with E-state index in [0.29, 0.717) is 5.69 Å². The summed E-state index contributed by atoms with van der Waals surface area (Å²) in [5, 5.41) is 2.80. The van der Waals surface area contributed by atoms with Crippen molar-refractivity contribution in [1.82, 2.24) is 4.98 Å². The average Bonchev–Trinajstić information content (AvgIpc) is 2.32. The first kappa shape index (κ1) is 8.65. The van der Waals surface area contributed by atoms with E-state index in [1.54, 1.807) is 5.38 Å². The molecule has 0 N–H and O–H groups in total. The topological polar surface area (TPSA) is 12.9 Å². The highest BCUT2D eigenvalue weighted by Crippen LogP contribution is 2.25. The molecule has 0 radical (unpaired) electrons. The maximum absolute atomic E-state index is 13.2. The van der Waals surface area contributed by atoms with Crippen molar-refractivity contribution < 1.29 is 4.39 Å². The van der Waals surface area contributed by atoms with Crippen LogP contribution in [0.5, 0.6) is 0 Å². The van der Waals surface area contributed by atoms with Gasteiger partial charge in [0, 0.05) is 5.38 Å². The minimum atomic E-state index is -1.29. The summed E-state index contributed by atoms with van der Waals surface area (Å²) in [5.41, 5.74) is -0.733. The van der Waals surface area contributed by atoms with E-state index in [9.17, 15) is 4.39 Å². The Morgan fingerprint density at radius 1 is 1.64 bits per heavy atom. The zero-order valence-corrected chi connectivity index (χ0v) is 7.83. The Kier molecular flexibility index (Phi) is 2.28. The highest BCUT2D eigenvalue weighted by atomic mass is 32.1. The van der Waals surface area contributed by atoms with Crippen LogP contribution in [0, 0.1) is 0 Å². The molecule has 0 fully saturated rings. The fourth-order valence-corrected chi connectivity index (χ4v) is 1.64. The first-order valence-electron chi connectivity index (χ1n) is 3.68. The van der Waals surface area contributed by atoms with Gasteiger partial charge in [-0.2, -0.15) is 0 Å². The Balaban J connectivity index is 2.89. The fraction of sp³-hybridized carbons (Fsp3) is 0.625. The molecule has 0 amide bonds. The van der Waals surface area contributed by atoms with E-state index >= 15 is 0 Å². The second kappa shape index (κ2) is 2.89. The fourth-order valence-electron chi connectivity index (χ4n) is 0.746. The van der Waals surface area contributed by atoms with Crippen molar-refractivity contribution in [3.05, 3.63) is 16.1 Å². The number of hydrogen-bond donors (Lipinski definition) is 0. The third kappa shape index (κ3) is 1.99. The summed E-state index contributed by atoms with van der Waals surface area (Å²) in [7, 11) is 0. The van der Waals surface area contributed by atoms with Gasteiger partial charge in [0.1, 0.15) is 5.67 Å². The van der Waals surface area contributed by atoms with Gasteiger partial charge in [-0.25, -0.2) is 9.37 Å². The van der Waals surface area contributed by atoms with E-state index in [1.165, 1.54) is 25.2 Å². The standard InChI is InChI=1S/C8H12FNS/c1-4-7-10-6(5-11-7)8(2,3)9/h5H,4H2,1-3H3. The lowest BCUT2D eigenvalue weighted by atomic mass is 10.1. The Morgan fingerprint density at radius 3 is 2.55 bits per heavy atom. The van der Waals surface area contributed by atoms with Crippen LogP contribution in [-0.4, -0.2) is 4.98 Å². The molecule has 1 rings (SSSR count). The number of aryl methyl sites for hydroxylation is 1. The summed E-state index contributed by atoms with van der Waals surface area (Å²) in [6.07, 6.45) is 0.890. The molecule has 11 heavy (non-hydrogen) atoms. The molecule has 1 heterocycles. The van der Waals surface area contributed by atoms with Crippen LogP contribution >= 0.6 is 11.3 Å². The number of rotatable bonds is 2. The van der Waals surface area contributed by atoms with Crippen LogP contribution in [0.3, 0.4) is 0 Å². The molecule has 62 valence electrons. The molecular weight excluding hydrogens is 161 g/mol. The van der Waals surface area contributed by atoms with E-state index < -0.39 is 5.67 Å². The van der Waals surface area contributed by atoms with Crippen molar-refractivity contribution in [2.45, 2.75) is 32.9 Å². The smallest absolute Gasteiger partial charge is 0.148 e. The van der Waals surface area contributed by atoms with Crippen LogP contribution < -0.4 is 0 Å². The number of alkyl halides is 1. The molecule has 1 nitrogen and oxygen atoms in total. The van der Waals surface area contributed by atoms with Gasteiger partial charge in [0.15, 0.2) is 0 Å². The van der Waals surface area contributed by atoms with Gasteiger partial charge in [0.2, 0.25) is 0 Å². The molecule has 0 aromatic carbocycles. The minimum absolute atomic E-state index is 0.555. The lowest BCUT2D eigenvalue weighted by Gasteiger charge is -2.09. The summed E-state index contributed by atoms with van der Waals surface area (Å²) in [5.74, 6) is 0. The van der Waals surface area contributed by atoms with Crippen molar-refractivity contribution in [2.24, 2.45) is 0 Å². The van der Waals surface area contributed by atoms with Gasteiger partial charge in [-0.1, -0.05) is 6.92 Å². The van der Waals surface area contributed by atoms with Crippen molar-refractivity contribution in [1.29, 1.82) is 0 Å².